The highest BCUT2D eigenvalue weighted by atomic mass is 35.5. The third-order valence-electron chi connectivity index (χ3n) is 2.82. The lowest BCUT2D eigenvalue weighted by atomic mass is 10.0. The lowest BCUT2D eigenvalue weighted by Gasteiger charge is -2.12. The predicted octanol–water partition coefficient (Wildman–Crippen LogP) is 3.39. The molecule has 0 bridgehead atoms. The summed E-state index contributed by atoms with van der Waals surface area (Å²) in [4.78, 5) is 0. The number of nitrogens with two attached hydrogens (primary N) is 1. The molecule has 2 rings (SSSR count). The van der Waals surface area contributed by atoms with Gasteiger partial charge in [-0.25, -0.2) is 0 Å². The molecule has 0 heterocycles. The van der Waals surface area contributed by atoms with Crippen LogP contribution in [-0.2, 0) is 12.6 Å². The van der Waals surface area contributed by atoms with Crippen LogP contribution in [-0.4, -0.2) is 5.54 Å². The molecule has 88 valence electrons. The Balaban J connectivity index is 2.23. The third-order valence-corrected chi connectivity index (χ3v) is 3.17. The average Bonchev–Trinajstić information content (AvgIpc) is 2.86. The van der Waals surface area contributed by atoms with Crippen LogP contribution >= 0.6 is 11.6 Å². The van der Waals surface area contributed by atoms with Crippen molar-refractivity contribution in [2.45, 2.75) is 31.0 Å². The topological polar surface area (TPSA) is 26.0 Å². The van der Waals surface area contributed by atoms with E-state index in [1.807, 2.05) is 0 Å². The minimum absolute atomic E-state index is 0.145. The van der Waals surface area contributed by atoms with E-state index < -0.39 is 11.7 Å². The molecule has 0 amide bonds. The molecule has 1 aromatic rings. The molecule has 1 fully saturated rings. The van der Waals surface area contributed by atoms with Crippen LogP contribution in [0.3, 0.4) is 0 Å². The number of hydrogen-bond donors (Lipinski definition) is 1. The van der Waals surface area contributed by atoms with Gasteiger partial charge >= 0.3 is 6.18 Å². The summed E-state index contributed by atoms with van der Waals surface area (Å²) in [7, 11) is 0. The summed E-state index contributed by atoms with van der Waals surface area (Å²) in [5.74, 6) is 0. The molecular formula is C11H11ClF3N. The average molecular weight is 250 g/mol. The fourth-order valence-corrected chi connectivity index (χ4v) is 1.83. The van der Waals surface area contributed by atoms with Crippen molar-refractivity contribution in [3.63, 3.8) is 0 Å². The van der Waals surface area contributed by atoms with Crippen LogP contribution in [0.5, 0.6) is 0 Å². The Morgan fingerprint density at radius 1 is 1.31 bits per heavy atom. The number of benzene rings is 1. The molecule has 1 nitrogen and oxygen atoms in total. The first-order valence-electron chi connectivity index (χ1n) is 4.95. The van der Waals surface area contributed by atoms with E-state index in [0.29, 0.717) is 12.0 Å². The minimum atomic E-state index is -4.35. The molecule has 1 saturated carbocycles. The van der Waals surface area contributed by atoms with Gasteiger partial charge in [-0.15, -0.1) is 0 Å². The fourth-order valence-electron chi connectivity index (χ4n) is 1.58. The normalized spacial score (nSPS) is 18.6. The first-order chi connectivity index (χ1) is 7.30. The van der Waals surface area contributed by atoms with Crippen molar-refractivity contribution in [2.24, 2.45) is 5.73 Å². The van der Waals surface area contributed by atoms with Gasteiger partial charge in [0.1, 0.15) is 0 Å². The molecule has 0 radical (unpaired) electrons. The molecule has 0 aliphatic heterocycles. The van der Waals surface area contributed by atoms with Crippen LogP contribution < -0.4 is 5.73 Å². The summed E-state index contributed by atoms with van der Waals surface area (Å²) in [5, 5.41) is 0.145. The van der Waals surface area contributed by atoms with E-state index in [9.17, 15) is 13.2 Å². The van der Waals surface area contributed by atoms with E-state index in [2.05, 4.69) is 0 Å². The zero-order valence-electron chi connectivity index (χ0n) is 8.44. The molecule has 2 N–H and O–H groups in total. The van der Waals surface area contributed by atoms with E-state index in [1.165, 1.54) is 6.07 Å². The molecule has 16 heavy (non-hydrogen) atoms. The van der Waals surface area contributed by atoms with Crippen molar-refractivity contribution >= 4 is 11.6 Å². The van der Waals surface area contributed by atoms with Gasteiger partial charge in [0.15, 0.2) is 0 Å². The molecule has 0 saturated heterocycles. The quantitative estimate of drug-likeness (QED) is 0.854. The van der Waals surface area contributed by atoms with Crippen LogP contribution in [0.25, 0.3) is 0 Å². The van der Waals surface area contributed by atoms with Gasteiger partial charge in [-0.3, -0.25) is 0 Å². The van der Waals surface area contributed by atoms with E-state index in [0.717, 1.165) is 25.0 Å². The van der Waals surface area contributed by atoms with Gasteiger partial charge in [-0.05, 0) is 37.0 Å². The molecule has 0 atom stereocenters. The van der Waals surface area contributed by atoms with Gasteiger partial charge in [0.2, 0.25) is 0 Å². The Morgan fingerprint density at radius 2 is 1.94 bits per heavy atom. The first-order valence-corrected chi connectivity index (χ1v) is 5.32. The highest BCUT2D eigenvalue weighted by Crippen LogP contribution is 2.38. The van der Waals surface area contributed by atoms with Gasteiger partial charge in [0, 0.05) is 10.6 Å². The van der Waals surface area contributed by atoms with Crippen LogP contribution in [0.15, 0.2) is 18.2 Å². The van der Waals surface area contributed by atoms with Gasteiger partial charge in [-0.2, -0.15) is 13.2 Å². The van der Waals surface area contributed by atoms with Gasteiger partial charge in [-0.1, -0.05) is 17.7 Å². The largest absolute Gasteiger partial charge is 0.416 e. The second-order valence-electron chi connectivity index (χ2n) is 4.34. The van der Waals surface area contributed by atoms with Crippen LogP contribution in [0.1, 0.15) is 24.0 Å². The second kappa shape index (κ2) is 3.64. The highest BCUT2D eigenvalue weighted by Gasteiger charge is 2.39. The Kier molecular flexibility index (Phi) is 2.67. The van der Waals surface area contributed by atoms with Crippen molar-refractivity contribution in [3.05, 3.63) is 34.3 Å². The zero-order valence-corrected chi connectivity index (χ0v) is 9.20. The minimum Gasteiger partial charge on any atom is -0.325 e. The molecule has 1 aromatic carbocycles. The lowest BCUT2D eigenvalue weighted by molar-refractivity contribution is -0.137. The third kappa shape index (κ3) is 2.50. The number of alkyl halides is 3. The second-order valence-corrected chi connectivity index (χ2v) is 4.75. The van der Waals surface area contributed by atoms with E-state index >= 15 is 0 Å². The summed E-state index contributed by atoms with van der Waals surface area (Å²) in [6, 6.07) is 3.42. The molecule has 5 heteroatoms. The fraction of sp³-hybridized carbons (Fsp3) is 0.455. The summed E-state index contributed by atoms with van der Waals surface area (Å²) in [6.07, 6.45) is -1.99. The Morgan fingerprint density at radius 3 is 2.38 bits per heavy atom. The number of rotatable bonds is 2. The summed E-state index contributed by atoms with van der Waals surface area (Å²) in [6.45, 7) is 0. The van der Waals surface area contributed by atoms with E-state index in [-0.39, 0.29) is 10.6 Å². The Hall–Kier alpha value is -0.740. The van der Waals surface area contributed by atoms with Crippen LogP contribution in [0.4, 0.5) is 13.2 Å². The molecule has 0 unspecified atom stereocenters. The monoisotopic (exact) mass is 249 g/mol. The summed E-state index contributed by atoms with van der Waals surface area (Å²) < 4.78 is 37.1. The Bertz CT molecular complexity index is 410. The van der Waals surface area contributed by atoms with Gasteiger partial charge in [0.25, 0.3) is 0 Å². The van der Waals surface area contributed by atoms with Crippen molar-refractivity contribution < 1.29 is 13.2 Å². The van der Waals surface area contributed by atoms with Gasteiger partial charge in [0.05, 0.1) is 5.56 Å². The van der Waals surface area contributed by atoms with Gasteiger partial charge < -0.3 is 5.73 Å². The molecule has 0 aromatic heterocycles. The maximum Gasteiger partial charge on any atom is 0.416 e. The number of halogens is 4. The van der Waals surface area contributed by atoms with Crippen molar-refractivity contribution in [1.29, 1.82) is 0 Å². The van der Waals surface area contributed by atoms with Crippen molar-refractivity contribution in [1.82, 2.24) is 0 Å². The SMILES string of the molecule is NC1(Cc2ccc(C(F)(F)F)cc2Cl)CC1. The Labute approximate surface area is 96.4 Å². The lowest BCUT2D eigenvalue weighted by Crippen LogP contribution is -2.24. The van der Waals surface area contributed by atoms with Crippen molar-refractivity contribution in [3.8, 4) is 0 Å². The van der Waals surface area contributed by atoms with E-state index in [4.69, 9.17) is 17.3 Å². The summed E-state index contributed by atoms with van der Waals surface area (Å²) in [5.41, 5.74) is 5.61. The smallest absolute Gasteiger partial charge is 0.325 e. The maximum absolute atomic E-state index is 12.4. The van der Waals surface area contributed by atoms with Crippen molar-refractivity contribution in [2.75, 3.05) is 0 Å². The van der Waals surface area contributed by atoms with E-state index in [1.54, 1.807) is 0 Å². The summed E-state index contributed by atoms with van der Waals surface area (Å²) >= 11 is 5.81. The molecule has 1 aliphatic carbocycles. The molecule has 0 spiro atoms. The standard InChI is InChI=1S/C11H11ClF3N/c12-9-5-8(11(13,14)15)2-1-7(9)6-10(16)3-4-10/h1-2,5H,3-4,6,16H2. The molecular weight excluding hydrogens is 239 g/mol. The zero-order chi connectivity index (χ0) is 12.0. The highest BCUT2D eigenvalue weighted by molar-refractivity contribution is 6.31. The number of hydrogen-bond acceptors (Lipinski definition) is 1. The van der Waals surface area contributed by atoms with Crippen LogP contribution in [0, 0.1) is 0 Å². The predicted molar refractivity (Wildman–Crippen MR) is 56.3 cm³/mol. The van der Waals surface area contributed by atoms with Crippen LogP contribution in [0.2, 0.25) is 5.02 Å². The molecule has 1 aliphatic rings. The first kappa shape index (κ1) is 11.7. The maximum atomic E-state index is 12.4.